The Labute approximate surface area is 157 Å². The van der Waals surface area contributed by atoms with E-state index in [0.29, 0.717) is 11.1 Å². The lowest BCUT2D eigenvalue weighted by molar-refractivity contribution is 0.0902. The van der Waals surface area contributed by atoms with Crippen LogP contribution in [0, 0.1) is 0 Å². The molecule has 6 nitrogen and oxygen atoms in total. The van der Waals surface area contributed by atoms with Gasteiger partial charge in [-0.1, -0.05) is 24.3 Å². The van der Waals surface area contributed by atoms with Gasteiger partial charge in [0.2, 0.25) is 5.56 Å². The lowest BCUT2D eigenvalue weighted by Gasteiger charge is -2.33. The number of rotatable bonds is 4. The van der Waals surface area contributed by atoms with Gasteiger partial charge >= 0.3 is 0 Å². The summed E-state index contributed by atoms with van der Waals surface area (Å²) in [5.74, 6) is -0.189. The molecule has 1 fully saturated rings. The maximum atomic E-state index is 12.9. The van der Waals surface area contributed by atoms with E-state index in [1.54, 1.807) is 6.20 Å². The van der Waals surface area contributed by atoms with Gasteiger partial charge in [-0.05, 0) is 37.1 Å². The summed E-state index contributed by atoms with van der Waals surface area (Å²) >= 11 is 0. The molecule has 3 heterocycles. The fourth-order valence-electron chi connectivity index (χ4n) is 3.72. The highest BCUT2D eigenvalue weighted by molar-refractivity contribution is 6.06. The first-order chi connectivity index (χ1) is 13.2. The molecule has 6 heteroatoms. The Balaban J connectivity index is 1.47. The van der Waals surface area contributed by atoms with E-state index in [0.717, 1.165) is 37.9 Å². The number of likely N-dealkylation sites (tertiary alicyclic amines) is 1. The molecule has 1 aromatic carbocycles. The molecule has 3 aromatic rings. The molecule has 1 amide bonds. The van der Waals surface area contributed by atoms with E-state index in [4.69, 9.17) is 0 Å². The summed E-state index contributed by atoms with van der Waals surface area (Å²) in [5.41, 5.74) is 2.02. The van der Waals surface area contributed by atoms with Gasteiger partial charge in [0.25, 0.3) is 5.91 Å². The number of amides is 1. The molecular formula is C21H22N4O2. The summed E-state index contributed by atoms with van der Waals surface area (Å²) in [5, 5.41) is 3.88. The highest BCUT2D eigenvalue weighted by atomic mass is 16.2. The topological polar surface area (TPSA) is 78.1 Å². The number of nitrogens with zero attached hydrogens (tertiary/aromatic N) is 2. The first-order valence-corrected chi connectivity index (χ1v) is 9.23. The van der Waals surface area contributed by atoms with Crippen molar-refractivity contribution in [2.45, 2.75) is 25.4 Å². The number of carbonyl (C=O) groups excluding carboxylic acids is 1. The molecule has 0 radical (unpaired) electrons. The molecule has 0 spiro atoms. The normalized spacial score (nSPS) is 17.7. The van der Waals surface area contributed by atoms with Crippen LogP contribution in [0.1, 0.15) is 28.8 Å². The summed E-state index contributed by atoms with van der Waals surface area (Å²) in [7, 11) is 0. The maximum absolute atomic E-state index is 12.9. The van der Waals surface area contributed by atoms with Gasteiger partial charge in [0.15, 0.2) is 0 Å². The fourth-order valence-corrected chi connectivity index (χ4v) is 3.72. The van der Waals surface area contributed by atoms with Crippen LogP contribution in [-0.2, 0) is 6.54 Å². The number of carbonyl (C=O) groups is 1. The first kappa shape index (κ1) is 17.4. The molecule has 1 aliphatic heterocycles. The van der Waals surface area contributed by atoms with Gasteiger partial charge in [0.1, 0.15) is 0 Å². The maximum Gasteiger partial charge on any atom is 0.252 e. The highest BCUT2D eigenvalue weighted by Crippen LogP contribution is 2.17. The van der Waals surface area contributed by atoms with Crippen LogP contribution in [0.25, 0.3) is 10.9 Å². The number of hydrogen-bond donors (Lipinski definition) is 2. The van der Waals surface area contributed by atoms with Crippen LogP contribution in [0.2, 0.25) is 0 Å². The van der Waals surface area contributed by atoms with Crippen molar-refractivity contribution >= 4 is 16.8 Å². The Morgan fingerprint density at radius 3 is 3.00 bits per heavy atom. The van der Waals surface area contributed by atoms with Gasteiger partial charge in [-0.15, -0.1) is 0 Å². The van der Waals surface area contributed by atoms with Crippen molar-refractivity contribution in [1.82, 2.24) is 20.2 Å². The Hall–Kier alpha value is -2.99. The van der Waals surface area contributed by atoms with Crippen molar-refractivity contribution < 1.29 is 4.79 Å². The average Bonchev–Trinajstić information content (AvgIpc) is 2.68. The number of hydrogen-bond acceptors (Lipinski definition) is 4. The standard InChI is InChI=1S/C21H22N4O2/c26-20-11-18(17-7-1-2-8-19(17)24-20)21(27)23-16-6-4-10-25(14-16)13-15-5-3-9-22-12-15/h1-3,5,7-9,11-12,16H,4,6,10,13-14H2,(H,23,27)(H,24,26)/t16-/m0/s1. The van der Waals surface area contributed by atoms with Gasteiger partial charge < -0.3 is 10.3 Å². The van der Waals surface area contributed by atoms with E-state index >= 15 is 0 Å². The first-order valence-electron chi connectivity index (χ1n) is 9.23. The number of nitrogens with one attached hydrogen (secondary N) is 2. The molecule has 2 N–H and O–H groups in total. The van der Waals surface area contributed by atoms with Crippen LogP contribution < -0.4 is 10.9 Å². The molecular weight excluding hydrogens is 340 g/mol. The van der Waals surface area contributed by atoms with Crippen molar-refractivity contribution in [3.05, 3.63) is 76.3 Å². The highest BCUT2D eigenvalue weighted by Gasteiger charge is 2.23. The van der Waals surface area contributed by atoms with Crippen molar-refractivity contribution in [3.63, 3.8) is 0 Å². The van der Waals surface area contributed by atoms with Gasteiger partial charge in [-0.2, -0.15) is 0 Å². The van der Waals surface area contributed by atoms with Crippen molar-refractivity contribution in [3.8, 4) is 0 Å². The summed E-state index contributed by atoms with van der Waals surface area (Å²) in [6.07, 6.45) is 5.62. The van der Waals surface area contributed by atoms with Crippen molar-refractivity contribution in [2.24, 2.45) is 0 Å². The Morgan fingerprint density at radius 2 is 2.15 bits per heavy atom. The lowest BCUT2D eigenvalue weighted by Crippen LogP contribution is -2.47. The number of aromatic amines is 1. The summed E-state index contributed by atoms with van der Waals surface area (Å²) < 4.78 is 0. The van der Waals surface area contributed by atoms with Crippen LogP contribution in [0.3, 0.4) is 0 Å². The van der Waals surface area contributed by atoms with Crippen LogP contribution in [0.15, 0.2) is 59.7 Å². The van der Waals surface area contributed by atoms with Gasteiger partial charge in [0.05, 0.1) is 5.56 Å². The summed E-state index contributed by atoms with van der Waals surface area (Å²) in [4.78, 5) is 34.0. The Kier molecular flexibility index (Phi) is 4.98. The zero-order chi connectivity index (χ0) is 18.6. The van der Waals surface area contributed by atoms with Crippen molar-refractivity contribution in [1.29, 1.82) is 0 Å². The van der Waals surface area contributed by atoms with Gasteiger partial charge in [-0.25, -0.2) is 0 Å². The molecule has 0 unspecified atom stereocenters. The second-order valence-corrected chi connectivity index (χ2v) is 7.00. The molecule has 27 heavy (non-hydrogen) atoms. The van der Waals surface area contributed by atoms with E-state index in [1.807, 2.05) is 36.5 Å². The van der Waals surface area contributed by atoms with Gasteiger partial charge in [0, 0.05) is 48.5 Å². The molecule has 138 valence electrons. The third kappa shape index (κ3) is 4.06. The number of pyridine rings is 2. The number of piperidine rings is 1. The van der Waals surface area contributed by atoms with E-state index in [-0.39, 0.29) is 17.5 Å². The average molecular weight is 362 g/mol. The lowest BCUT2D eigenvalue weighted by atomic mass is 10.0. The van der Waals surface area contributed by atoms with Gasteiger partial charge in [-0.3, -0.25) is 19.5 Å². The fraction of sp³-hybridized carbons (Fsp3) is 0.286. The Bertz CT molecular complexity index is 1000. The van der Waals surface area contributed by atoms with Crippen LogP contribution in [0.5, 0.6) is 0 Å². The Morgan fingerprint density at radius 1 is 1.26 bits per heavy atom. The molecule has 0 aliphatic carbocycles. The van der Waals surface area contributed by atoms with E-state index in [1.165, 1.54) is 11.6 Å². The molecule has 1 saturated heterocycles. The van der Waals surface area contributed by atoms with E-state index in [2.05, 4.69) is 26.3 Å². The number of fused-ring (bicyclic) bond motifs is 1. The van der Waals surface area contributed by atoms with Crippen LogP contribution >= 0.6 is 0 Å². The SMILES string of the molecule is O=C(N[C@H]1CCCN(Cc2cccnc2)C1)c1cc(=O)[nH]c2ccccc12. The molecule has 0 bridgehead atoms. The van der Waals surface area contributed by atoms with Crippen LogP contribution in [-0.4, -0.2) is 39.9 Å². The zero-order valence-corrected chi connectivity index (χ0v) is 15.0. The minimum absolute atomic E-state index is 0.0703. The third-order valence-corrected chi connectivity index (χ3v) is 4.96. The number of H-pyrrole nitrogens is 1. The minimum atomic E-state index is -0.263. The smallest absolute Gasteiger partial charge is 0.252 e. The number of benzene rings is 1. The monoisotopic (exact) mass is 362 g/mol. The van der Waals surface area contributed by atoms with Crippen molar-refractivity contribution in [2.75, 3.05) is 13.1 Å². The minimum Gasteiger partial charge on any atom is -0.348 e. The molecule has 2 aromatic heterocycles. The van der Waals surface area contributed by atoms with Crippen LogP contribution in [0.4, 0.5) is 0 Å². The molecule has 4 rings (SSSR count). The third-order valence-electron chi connectivity index (χ3n) is 4.96. The predicted octanol–water partition coefficient (Wildman–Crippen LogP) is 2.32. The zero-order valence-electron chi connectivity index (χ0n) is 15.0. The second kappa shape index (κ2) is 7.72. The number of para-hydroxylation sites is 1. The molecule has 0 saturated carbocycles. The number of aromatic nitrogens is 2. The second-order valence-electron chi connectivity index (χ2n) is 7.00. The summed E-state index contributed by atoms with van der Waals surface area (Å²) in [6.45, 7) is 2.63. The van der Waals surface area contributed by atoms with E-state index < -0.39 is 0 Å². The van der Waals surface area contributed by atoms with E-state index in [9.17, 15) is 9.59 Å². The molecule has 1 atom stereocenters. The predicted molar refractivity (Wildman–Crippen MR) is 105 cm³/mol. The quantitative estimate of drug-likeness (QED) is 0.747. The molecule has 1 aliphatic rings. The largest absolute Gasteiger partial charge is 0.348 e. The summed E-state index contributed by atoms with van der Waals surface area (Å²) in [6, 6.07) is 12.8.